The van der Waals surface area contributed by atoms with Gasteiger partial charge in [0.25, 0.3) is 5.56 Å². The maximum absolute atomic E-state index is 12.7. The summed E-state index contributed by atoms with van der Waals surface area (Å²) in [5.41, 5.74) is 1.96. The second-order valence-corrected chi connectivity index (χ2v) is 8.27. The summed E-state index contributed by atoms with van der Waals surface area (Å²) < 4.78 is 32.2. The number of hydrogen-bond acceptors (Lipinski definition) is 4. The van der Waals surface area contributed by atoms with E-state index in [9.17, 15) is 13.2 Å². The lowest BCUT2D eigenvalue weighted by Crippen LogP contribution is -2.17. The van der Waals surface area contributed by atoms with E-state index in [2.05, 4.69) is 0 Å². The number of ether oxygens (including phenoxy) is 1. The molecule has 128 valence electrons. The monoisotopic (exact) mass is 347 g/mol. The lowest BCUT2D eigenvalue weighted by molar-refractivity contribution is 0.165. The van der Waals surface area contributed by atoms with E-state index in [-0.39, 0.29) is 16.4 Å². The zero-order valence-corrected chi connectivity index (χ0v) is 14.7. The van der Waals surface area contributed by atoms with Crippen molar-refractivity contribution in [3.63, 3.8) is 0 Å². The maximum atomic E-state index is 12.7. The van der Waals surface area contributed by atoms with Crippen LogP contribution in [0.5, 0.6) is 0 Å². The molecule has 1 saturated carbocycles. The number of aromatic nitrogens is 1. The first-order chi connectivity index (χ1) is 11.4. The Balaban J connectivity index is 1.98. The highest BCUT2D eigenvalue weighted by atomic mass is 32.2. The van der Waals surface area contributed by atoms with Gasteiger partial charge >= 0.3 is 0 Å². The first kappa shape index (κ1) is 16.9. The number of benzene rings is 1. The topological polar surface area (TPSA) is 65.4 Å². The van der Waals surface area contributed by atoms with Crippen LogP contribution in [0.15, 0.2) is 46.2 Å². The molecule has 5 nitrogen and oxygen atoms in total. The fourth-order valence-corrected chi connectivity index (χ4v) is 3.88. The Hall–Kier alpha value is -1.92. The lowest BCUT2D eigenvalue weighted by atomic mass is 10.0. The highest BCUT2D eigenvalue weighted by Crippen LogP contribution is 2.31. The molecule has 6 heteroatoms. The SMILES string of the molecule is Cc1cc(=O)n(C)cc1-c1ccccc1S(=O)(=O)COCC1CC1. The summed E-state index contributed by atoms with van der Waals surface area (Å²) in [5.74, 6) is 0.201. The summed E-state index contributed by atoms with van der Waals surface area (Å²) in [4.78, 5) is 12.0. The molecule has 0 N–H and O–H groups in total. The minimum atomic E-state index is -3.56. The normalized spacial score (nSPS) is 14.8. The third-order valence-corrected chi connectivity index (χ3v) is 5.74. The van der Waals surface area contributed by atoms with Gasteiger partial charge in [-0.15, -0.1) is 0 Å². The van der Waals surface area contributed by atoms with Gasteiger partial charge in [-0.1, -0.05) is 18.2 Å². The van der Waals surface area contributed by atoms with Gasteiger partial charge in [0, 0.05) is 30.4 Å². The van der Waals surface area contributed by atoms with E-state index in [1.807, 2.05) is 6.92 Å². The van der Waals surface area contributed by atoms with Gasteiger partial charge in [-0.3, -0.25) is 4.79 Å². The molecule has 1 aliphatic rings. The van der Waals surface area contributed by atoms with Crippen molar-refractivity contribution >= 4 is 9.84 Å². The van der Waals surface area contributed by atoms with E-state index < -0.39 is 9.84 Å². The molecule has 1 heterocycles. The fraction of sp³-hybridized carbons (Fsp3) is 0.389. The number of pyridine rings is 1. The molecule has 3 rings (SSSR count). The third kappa shape index (κ3) is 3.60. The van der Waals surface area contributed by atoms with E-state index in [0.717, 1.165) is 24.0 Å². The molecule has 0 bridgehead atoms. The Bertz CT molecular complexity index is 911. The number of hydrogen-bond donors (Lipinski definition) is 0. The number of sulfone groups is 1. The standard InChI is InChI=1S/C18H21NO4S/c1-13-9-18(20)19(2)10-16(13)15-5-3-4-6-17(15)24(21,22)12-23-11-14-7-8-14/h3-6,9-10,14H,7-8,11-12H2,1-2H3. The largest absolute Gasteiger partial charge is 0.365 e. The predicted molar refractivity (Wildman–Crippen MR) is 92.6 cm³/mol. The molecule has 0 saturated heterocycles. The molecule has 1 aromatic heterocycles. The van der Waals surface area contributed by atoms with E-state index >= 15 is 0 Å². The van der Waals surface area contributed by atoms with Crippen molar-refractivity contribution in [3.8, 4) is 11.1 Å². The minimum absolute atomic E-state index is 0.121. The van der Waals surface area contributed by atoms with Crippen molar-refractivity contribution in [2.45, 2.75) is 24.7 Å². The maximum Gasteiger partial charge on any atom is 0.250 e. The summed E-state index contributed by atoms with van der Waals surface area (Å²) in [6.45, 7) is 2.31. The average molecular weight is 347 g/mol. The fourth-order valence-electron chi connectivity index (χ4n) is 2.64. The number of nitrogens with zero attached hydrogens (tertiary/aromatic N) is 1. The zero-order chi connectivity index (χ0) is 17.3. The number of aryl methyl sites for hydroxylation is 2. The molecule has 24 heavy (non-hydrogen) atoms. The Morgan fingerprint density at radius 1 is 1.21 bits per heavy atom. The van der Waals surface area contributed by atoms with Crippen LogP contribution in [-0.4, -0.2) is 25.5 Å². The Morgan fingerprint density at radius 2 is 1.92 bits per heavy atom. The van der Waals surface area contributed by atoms with Crippen LogP contribution in [0.25, 0.3) is 11.1 Å². The van der Waals surface area contributed by atoms with E-state index in [1.165, 1.54) is 10.6 Å². The first-order valence-electron chi connectivity index (χ1n) is 7.95. The molecular weight excluding hydrogens is 326 g/mol. The highest BCUT2D eigenvalue weighted by Gasteiger charge is 2.24. The molecule has 0 spiro atoms. The molecular formula is C18H21NO4S. The summed E-state index contributed by atoms with van der Waals surface area (Å²) in [6, 6.07) is 8.37. The van der Waals surface area contributed by atoms with Crippen molar-refractivity contribution < 1.29 is 13.2 Å². The molecule has 0 atom stereocenters. The van der Waals surface area contributed by atoms with Gasteiger partial charge in [-0.05, 0) is 37.3 Å². The molecule has 2 aromatic rings. The van der Waals surface area contributed by atoms with Crippen LogP contribution in [0.2, 0.25) is 0 Å². The third-order valence-electron chi connectivity index (χ3n) is 4.24. The molecule has 0 amide bonds. The summed E-state index contributed by atoms with van der Waals surface area (Å²) >= 11 is 0. The second-order valence-electron chi connectivity index (χ2n) is 6.36. The van der Waals surface area contributed by atoms with Gasteiger partial charge in [-0.2, -0.15) is 0 Å². The highest BCUT2D eigenvalue weighted by molar-refractivity contribution is 7.91. The Labute approximate surface area is 141 Å². The van der Waals surface area contributed by atoms with Crippen molar-refractivity contribution in [2.24, 2.45) is 13.0 Å². The number of rotatable bonds is 6. The van der Waals surface area contributed by atoms with Gasteiger partial charge in [0.1, 0.15) is 0 Å². The van der Waals surface area contributed by atoms with Crippen LogP contribution in [0.1, 0.15) is 18.4 Å². The van der Waals surface area contributed by atoms with E-state index in [4.69, 9.17) is 4.74 Å². The van der Waals surface area contributed by atoms with Crippen LogP contribution in [0.3, 0.4) is 0 Å². The molecule has 1 aliphatic carbocycles. The quantitative estimate of drug-likeness (QED) is 0.805. The summed E-state index contributed by atoms with van der Waals surface area (Å²) in [7, 11) is -1.90. The lowest BCUT2D eigenvalue weighted by Gasteiger charge is -2.13. The first-order valence-corrected chi connectivity index (χ1v) is 9.61. The summed E-state index contributed by atoms with van der Waals surface area (Å²) in [6.07, 6.45) is 3.92. The smallest absolute Gasteiger partial charge is 0.250 e. The van der Waals surface area contributed by atoms with Crippen LogP contribution in [0, 0.1) is 12.8 Å². The average Bonchev–Trinajstić information content (AvgIpc) is 3.35. The van der Waals surface area contributed by atoms with Crippen LogP contribution < -0.4 is 5.56 Å². The Morgan fingerprint density at radius 3 is 2.62 bits per heavy atom. The van der Waals surface area contributed by atoms with Crippen molar-refractivity contribution in [1.29, 1.82) is 0 Å². The zero-order valence-electron chi connectivity index (χ0n) is 13.9. The van der Waals surface area contributed by atoms with Crippen molar-refractivity contribution in [3.05, 3.63) is 52.4 Å². The van der Waals surface area contributed by atoms with E-state index in [1.54, 1.807) is 37.5 Å². The molecule has 1 fully saturated rings. The molecule has 0 aliphatic heterocycles. The van der Waals surface area contributed by atoms with Crippen LogP contribution >= 0.6 is 0 Å². The summed E-state index contributed by atoms with van der Waals surface area (Å²) in [5, 5.41) is 0. The molecule has 0 unspecified atom stereocenters. The Kier molecular flexibility index (Phi) is 4.60. The van der Waals surface area contributed by atoms with E-state index in [0.29, 0.717) is 18.1 Å². The van der Waals surface area contributed by atoms with Crippen molar-refractivity contribution in [2.75, 3.05) is 12.5 Å². The van der Waals surface area contributed by atoms with Gasteiger partial charge < -0.3 is 9.30 Å². The van der Waals surface area contributed by atoms with Crippen LogP contribution in [0.4, 0.5) is 0 Å². The second kappa shape index (κ2) is 6.53. The van der Waals surface area contributed by atoms with Gasteiger partial charge in [0.2, 0.25) is 9.84 Å². The minimum Gasteiger partial charge on any atom is -0.365 e. The molecule has 1 aromatic carbocycles. The van der Waals surface area contributed by atoms with Gasteiger partial charge in [-0.25, -0.2) is 8.42 Å². The van der Waals surface area contributed by atoms with Gasteiger partial charge in [0.15, 0.2) is 5.94 Å². The van der Waals surface area contributed by atoms with Crippen LogP contribution in [-0.2, 0) is 21.6 Å². The molecule has 0 radical (unpaired) electrons. The van der Waals surface area contributed by atoms with Gasteiger partial charge in [0.05, 0.1) is 11.5 Å². The van der Waals surface area contributed by atoms with Crippen molar-refractivity contribution in [1.82, 2.24) is 4.57 Å². The predicted octanol–water partition coefficient (Wildman–Crippen LogP) is 2.52.